The molecular weight excluding hydrogens is 414 g/mol. The zero-order chi connectivity index (χ0) is 22.6. The maximum atomic E-state index is 4.77. The minimum atomic E-state index is 0.481. The van der Waals surface area contributed by atoms with E-state index in [2.05, 4.69) is 35.6 Å². The number of hydrogen-bond acceptors (Lipinski definition) is 8. The average molecular weight is 442 g/mol. The van der Waals surface area contributed by atoms with E-state index >= 15 is 0 Å². The van der Waals surface area contributed by atoms with E-state index in [1.807, 2.05) is 55.3 Å². The molecule has 1 saturated carbocycles. The van der Waals surface area contributed by atoms with Gasteiger partial charge < -0.3 is 10.6 Å². The molecule has 0 aromatic carbocycles. The van der Waals surface area contributed by atoms with Crippen molar-refractivity contribution in [3.63, 3.8) is 0 Å². The Labute approximate surface area is 192 Å². The van der Waals surface area contributed by atoms with E-state index in [1.54, 1.807) is 12.4 Å². The molecule has 4 aromatic heterocycles. The number of anilines is 2. The third-order valence-electron chi connectivity index (χ3n) is 6.14. The number of imidazole rings is 1. The van der Waals surface area contributed by atoms with Crippen LogP contribution >= 0.6 is 0 Å². The minimum Gasteiger partial charge on any atom is -0.352 e. The number of fused-ring (bicyclic) bond motifs is 1. The van der Waals surface area contributed by atoms with Crippen LogP contribution in [0.4, 0.5) is 17.3 Å². The van der Waals surface area contributed by atoms with Crippen LogP contribution in [-0.2, 0) is 0 Å². The fraction of sp³-hybridized carbons (Fsp3) is 0.333. The van der Waals surface area contributed by atoms with Crippen LogP contribution in [0.3, 0.4) is 0 Å². The van der Waals surface area contributed by atoms with Gasteiger partial charge in [-0.05, 0) is 63.3 Å². The molecular formula is C24H27N9. The topological polar surface area (TPSA) is 105 Å². The van der Waals surface area contributed by atoms with Crippen molar-refractivity contribution in [3.8, 4) is 11.4 Å². The van der Waals surface area contributed by atoms with Crippen molar-refractivity contribution < 1.29 is 0 Å². The number of aliphatic imine (C=N–C) groups is 1. The number of aromatic nitrogens is 6. The van der Waals surface area contributed by atoms with Crippen molar-refractivity contribution in [2.24, 2.45) is 10.9 Å². The van der Waals surface area contributed by atoms with Crippen LogP contribution in [0.2, 0.25) is 0 Å². The van der Waals surface area contributed by atoms with Crippen LogP contribution in [0.25, 0.3) is 17.0 Å². The van der Waals surface area contributed by atoms with Gasteiger partial charge >= 0.3 is 0 Å². The monoisotopic (exact) mass is 441 g/mol. The Morgan fingerprint density at radius 1 is 1.00 bits per heavy atom. The number of aryl methyl sites for hydroxylation is 1. The van der Waals surface area contributed by atoms with E-state index in [-0.39, 0.29) is 0 Å². The molecule has 0 radical (unpaired) electrons. The zero-order valence-electron chi connectivity index (χ0n) is 18.8. The van der Waals surface area contributed by atoms with Gasteiger partial charge in [0.25, 0.3) is 0 Å². The van der Waals surface area contributed by atoms with Crippen molar-refractivity contribution in [3.05, 3.63) is 55.0 Å². The molecule has 1 aliphatic rings. The Balaban J connectivity index is 1.41. The third-order valence-corrected chi connectivity index (χ3v) is 6.14. The summed E-state index contributed by atoms with van der Waals surface area (Å²) in [5.41, 5.74) is 5.24. The minimum absolute atomic E-state index is 0.481. The molecule has 0 amide bonds. The maximum Gasteiger partial charge on any atom is 0.249 e. The number of nitrogens with zero attached hydrogens (tertiary/aromatic N) is 7. The molecule has 0 saturated heterocycles. The second-order valence-electron chi connectivity index (χ2n) is 8.42. The number of pyridine rings is 1. The Kier molecular flexibility index (Phi) is 6.03. The molecule has 0 unspecified atom stereocenters. The van der Waals surface area contributed by atoms with Gasteiger partial charge in [-0.2, -0.15) is 0 Å². The molecule has 9 nitrogen and oxygen atoms in total. The molecule has 4 heterocycles. The molecule has 0 spiro atoms. The second-order valence-corrected chi connectivity index (χ2v) is 8.42. The van der Waals surface area contributed by atoms with Gasteiger partial charge in [0.2, 0.25) is 5.95 Å². The second kappa shape index (κ2) is 9.41. The lowest BCUT2D eigenvalue weighted by Crippen LogP contribution is -2.30. The highest BCUT2D eigenvalue weighted by Gasteiger charge is 2.18. The summed E-state index contributed by atoms with van der Waals surface area (Å²) in [5.74, 6) is 0.964. The number of rotatable bonds is 6. The first-order valence-electron chi connectivity index (χ1n) is 11.2. The van der Waals surface area contributed by atoms with Crippen LogP contribution < -0.4 is 10.6 Å². The van der Waals surface area contributed by atoms with E-state index in [4.69, 9.17) is 4.98 Å². The Morgan fingerprint density at radius 2 is 1.82 bits per heavy atom. The molecule has 168 valence electrons. The lowest BCUT2D eigenvalue weighted by atomic mass is 9.87. The standard InChI is InChI=1S/C24H27N9/c1-16-9-29-24(30-10-17-3-5-18(25-2)6-4-17)32-23(16)21-13-28-22-8-7-19(14-33(21)22)31-20-11-26-15-27-12-20/h7-15,17-18,25,31H,3-6H2,1-2H3/b30-10-. The van der Waals surface area contributed by atoms with Gasteiger partial charge in [0.1, 0.15) is 12.0 Å². The highest BCUT2D eigenvalue weighted by molar-refractivity contribution is 5.68. The van der Waals surface area contributed by atoms with Gasteiger partial charge in [0.15, 0.2) is 0 Å². The van der Waals surface area contributed by atoms with Gasteiger partial charge in [-0.25, -0.2) is 29.9 Å². The van der Waals surface area contributed by atoms with E-state index < -0.39 is 0 Å². The lowest BCUT2D eigenvalue weighted by molar-refractivity contribution is 0.358. The first-order chi connectivity index (χ1) is 16.2. The largest absolute Gasteiger partial charge is 0.352 e. The summed E-state index contributed by atoms with van der Waals surface area (Å²) in [7, 11) is 2.04. The van der Waals surface area contributed by atoms with Crippen molar-refractivity contribution in [2.45, 2.75) is 38.6 Å². The van der Waals surface area contributed by atoms with Crippen molar-refractivity contribution >= 4 is 29.2 Å². The maximum absolute atomic E-state index is 4.77. The number of hydrogen-bond donors (Lipinski definition) is 2. The first-order valence-corrected chi connectivity index (χ1v) is 11.2. The molecule has 33 heavy (non-hydrogen) atoms. The molecule has 2 N–H and O–H groups in total. The fourth-order valence-corrected chi connectivity index (χ4v) is 4.24. The Morgan fingerprint density at radius 3 is 2.61 bits per heavy atom. The summed E-state index contributed by atoms with van der Waals surface area (Å²) in [6, 6.07) is 4.57. The van der Waals surface area contributed by atoms with Crippen LogP contribution in [0.1, 0.15) is 31.2 Å². The molecule has 0 aliphatic heterocycles. The smallest absolute Gasteiger partial charge is 0.249 e. The predicted molar refractivity (Wildman–Crippen MR) is 129 cm³/mol. The molecule has 0 bridgehead atoms. The van der Waals surface area contributed by atoms with Crippen LogP contribution in [-0.4, -0.2) is 48.6 Å². The summed E-state index contributed by atoms with van der Waals surface area (Å²) in [6.45, 7) is 2.00. The van der Waals surface area contributed by atoms with E-state index in [1.165, 1.54) is 19.2 Å². The van der Waals surface area contributed by atoms with Gasteiger partial charge in [0.05, 0.1) is 41.4 Å². The summed E-state index contributed by atoms with van der Waals surface area (Å²) in [6.07, 6.45) is 17.3. The van der Waals surface area contributed by atoms with E-state index in [0.29, 0.717) is 17.9 Å². The average Bonchev–Trinajstić information content (AvgIpc) is 3.27. The van der Waals surface area contributed by atoms with Gasteiger partial charge in [-0.15, -0.1) is 0 Å². The lowest BCUT2D eigenvalue weighted by Gasteiger charge is -2.25. The highest BCUT2D eigenvalue weighted by Crippen LogP contribution is 2.27. The summed E-state index contributed by atoms with van der Waals surface area (Å²) < 4.78 is 2.02. The van der Waals surface area contributed by atoms with Crippen molar-refractivity contribution in [1.29, 1.82) is 0 Å². The molecule has 5 rings (SSSR count). The summed E-state index contributed by atoms with van der Waals surface area (Å²) >= 11 is 0. The van der Waals surface area contributed by atoms with Gasteiger partial charge in [-0.1, -0.05) is 0 Å². The summed E-state index contributed by atoms with van der Waals surface area (Å²) in [5, 5.41) is 6.69. The molecule has 4 aromatic rings. The first kappa shape index (κ1) is 21.1. The number of nitrogens with one attached hydrogen (secondary N) is 2. The fourth-order valence-electron chi connectivity index (χ4n) is 4.24. The molecule has 0 atom stereocenters. The van der Waals surface area contributed by atoms with Crippen LogP contribution in [0.15, 0.2) is 54.4 Å². The SMILES string of the molecule is CNC1CCC(/C=N\c2ncc(C)c(-c3cnc4ccc(Nc5cncnc5)cn34)n2)CC1. The summed E-state index contributed by atoms with van der Waals surface area (Å²) in [4.78, 5) is 26.5. The normalized spacial score (nSPS) is 18.7. The Hall–Kier alpha value is -3.72. The van der Waals surface area contributed by atoms with Crippen LogP contribution in [0, 0.1) is 12.8 Å². The van der Waals surface area contributed by atoms with E-state index in [9.17, 15) is 0 Å². The van der Waals surface area contributed by atoms with E-state index in [0.717, 1.165) is 46.8 Å². The van der Waals surface area contributed by atoms with Crippen LogP contribution in [0.5, 0.6) is 0 Å². The quantitative estimate of drug-likeness (QED) is 0.434. The Bertz CT molecular complexity index is 1260. The molecule has 9 heteroatoms. The highest BCUT2D eigenvalue weighted by atomic mass is 15.1. The van der Waals surface area contributed by atoms with Gasteiger partial charge in [0, 0.05) is 24.7 Å². The van der Waals surface area contributed by atoms with Gasteiger partial charge in [-0.3, -0.25) is 4.40 Å². The molecule has 1 fully saturated rings. The van der Waals surface area contributed by atoms with Crippen molar-refractivity contribution in [1.82, 2.24) is 34.6 Å². The zero-order valence-corrected chi connectivity index (χ0v) is 18.8. The predicted octanol–water partition coefficient (Wildman–Crippen LogP) is 4.11. The van der Waals surface area contributed by atoms with Crippen molar-refractivity contribution in [2.75, 3.05) is 12.4 Å². The molecule has 1 aliphatic carbocycles. The third kappa shape index (κ3) is 4.73.